The second-order valence-corrected chi connectivity index (χ2v) is 12.5. The second-order valence-electron chi connectivity index (χ2n) is 10.6. The Morgan fingerprint density at radius 2 is 1.47 bits per heavy atom. The Morgan fingerprint density at radius 3 is 2.04 bits per heavy atom. The number of benzene rings is 3. The minimum Gasteiger partial charge on any atom is -0.497 e. The van der Waals surface area contributed by atoms with Gasteiger partial charge in [0.15, 0.2) is 11.5 Å². The molecule has 0 radical (unpaired) electrons. The Balaban J connectivity index is 2.17. The zero-order valence-corrected chi connectivity index (χ0v) is 27.7. The molecular weight excluding hydrogens is 598 g/mol. The summed E-state index contributed by atoms with van der Waals surface area (Å²) in [6, 6.07) is 17.2. The zero-order chi connectivity index (χ0) is 33.1. The second kappa shape index (κ2) is 16.0. The third-order valence-corrected chi connectivity index (χ3v) is 8.90. The number of carbonyl (C=O) groups excluding carboxylic acids is 2. The number of rotatable bonds is 16. The molecule has 3 aromatic rings. The van der Waals surface area contributed by atoms with E-state index in [0.29, 0.717) is 24.5 Å². The Bertz CT molecular complexity index is 1550. The highest BCUT2D eigenvalue weighted by molar-refractivity contribution is 7.92. The van der Waals surface area contributed by atoms with Gasteiger partial charge in [0, 0.05) is 25.2 Å². The molecule has 12 heteroatoms. The van der Waals surface area contributed by atoms with Crippen LogP contribution in [0.1, 0.15) is 32.8 Å². The van der Waals surface area contributed by atoms with Gasteiger partial charge < -0.3 is 29.2 Å². The molecule has 1 atom stereocenters. The van der Waals surface area contributed by atoms with Crippen LogP contribution in [0.25, 0.3) is 0 Å². The number of sulfonamides is 1. The Hall–Kier alpha value is -4.45. The Morgan fingerprint density at radius 1 is 0.822 bits per heavy atom. The van der Waals surface area contributed by atoms with Crippen molar-refractivity contribution < 1.29 is 37.0 Å². The summed E-state index contributed by atoms with van der Waals surface area (Å²) in [5, 5.41) is 2.93. The fourth-order valence-electron chi connectivity index (χ4n) is 4.73. The van der Waals surface area contributed by atoms with E-state index in [4.69, 9.17) is 18.9 Å². The van der Waals surface area contributed by atoms with E-state index in [9.17, 15) is 18.0 Å². The van der Waals surface area contributed by atoms with Crippen molar-refractivity contribution >= 4 is 27.5 Å². The topological polar surface area (TPSA) is 124 Å². The molecule has 0 aromatic heterocycles. The van der Waals surface area contributed by atoms with Gasteiger partial charge in [0.05, 0.1) is 39.0 Å². The number of nitrogens with one attached hydrogen (secondary N) is 1. The van der Waals surface area contributed by atoms with Crippen LogP contribution in [0, 0.1) is 5.92 Å². The maximum atomic E-state index is 14.4. The lowest BCUT2D eigenvalue weighted by Gasteiger charge is -2.33. The highest BCUT2D eigenvalue weighted by atomic mass is 32.2. The number of ether oxygens (including phenoxy) is 4. The van der Waals surface area contributed by atoms with Crippen LogP contribution in [-0.2, 0) is 26.2 Å². The molecule has 0 saturated carbocycles. The van der Waals surface area contributed by atoms with E-state index in [1.807, 2.05) is 51.1 Å². The molecule has 0 fully saturated rings. The van der Waals surface area contributed by atoms with Crippen molar-refractivity contribution in [3.8, 4) is 23.0 Å². The van der Waals surface area contributed by atoms with Gasteiger partial charge in [-0.15, -0.1) is 0 Å². The van der Waals surface area contributed by atoms with Crippen LogP contribution in [-0.4, -0.2) is 72.7 Å². The largest absolute Gasteiger partial charge is 0.497 e. The van der Waals surface area contributed by atoms with Crippen LogP contribution in [0.5, 0.6) is 23.0 Å². The summed E-state index contributed by atoms with van der Waals surface area (Å²) in [6.07, 6.45) is 0.313. The van der Waals surface area contributed by atoms with Crippen molar-refractivity contribution in [2.75, 3.05) is 45.8 Å². The number of nitrogens with zero attached hydrogens (tertiary/aromatic N) is 2. The average molecular weight is 642 g/mol. The average Bonchev–Trinajstić information content (AvgIpc) is 3.05. The van der Waals surface area contributed by atoms with E-state index < -0.39 is 28.5 Å². The van der Waals surface area contributed by atoms with Crippen molar-refractivity contribution in [2.45, 2.75) is 44.7 Å². The van der Waals surface area contributed by atoms with Crippen molar-refractivity contribution in [3.05, 3.63) is 72.3 Å². The summed E-state index contributed by atoms with van der Waals surface area (Å²) in [4.78, 5) is 29.0. The van der Waals surface area contributed by atoms with Crippen molar-refractivity contribution in [3.63, 3.8) is 0 Å². The molecule has 0 unspecified atom stereocenters. The molecule has 244 valence electrons. The highest BCUT2D eigenvalue weighted by Gasteiger charge is 2.35. The van der Waals surface area contributed by atoms with Crippen molar-refractivity contribution in [1.29, 1.82) is 0 Å². The summed E-state index contributed by atoms with van der Waals surface area (Å²) < 4.78 is 51.4. The summed E-state index contributed by atoms with van der Waals surface area (Å²) in [6.45, 7) is 5.66. The fourth-order valence-corrected chi connectivity index (χ4v) is 6.16. The number of methoxy groups -OCH3 is 4. The number of hydrogen-bond donors (Lipinski definition) is 1. The number of carbonyl (C=O) groups is 2. The van der Waals surface area contributed by atoms with Crippen LogP contribution in [0.4, 0.5) is 5.69 Å². The molecule has 45 heavy (non-hydrogen) atoms. The van der Waals surface area contributed by atoms with Gasteiger partial charge in [-0.25, -0.2) is 8.42 Å². The van der Waals surface area contributed by atoms with Crippen LogP contribution in [0.15, 0.2) is 71.6 Å². The first-order valence-electron chi connectivity index (χ1n) is 14.6. The van der Waals surface area contributed by atoms with Crippen molar-refractivity contribution in [1.82, 2.24) is 10.2 Å². The maximum absolute atomic E-state index is 14.4. The van der Waals surface area contributed by atoms with E-state index in [1.54, 1.807) is 12.1 Å². The van der Waals surface area contributed by atoms with E-state index in [2.05, 4.69) is 5.32 Å². The summed E-state index contributed by atoms with van der Waals surface area (Å²) in [5.74, 6) is 0.386. The standard InChI is InChI=1S/C33H43N3O8S/c1-8-27(33(38)34-20-23(2)3)35(21-24-12-10-9-11-13-24)32(37)22-36(28-18-25(41-4)14-16-29(28)42-5)45(39,40)26-15-17-30(43-6)31(19-26)44-7/h9-19,23,27H,8,20-22H2,1-7H3,(H,34,38)/t27-/m1/s1. The first-order valence-corrected chi connectivity index (χ1v) is 16.0. The summed E-state index contributed by atoms with van der Waals surface area (Å²) in [5.41, 5.74) is 0.867. The molecule has 0 bridgehead atoms. The molecule has 3 rings (SSSR count). The third-order valence-electron chi connectivity index (χ3n) is 7.14. The van der Waals surface area contributed by atoms with Crippen LogP contribution < -0.4 is 28.6 Å². The molecule has 0 aliphatic carbocycles. The summed E-state index contributed by atoms with van der Waals surface area (Å²) in [7, 11) is 1.27. The maximum Gasteiger partial charge on any atom is 0.265 e. The minimum atomic E-state index is -4.43. The Kier molecular flexibility index (Phi) is 12.5. The van der Waals surface area contributed by atoms with Crippen LogP contribution >= 0.6 is 0 Å². The molecule has 2 amide bonds. The predicted molar refractivity (Wildman–Crippen MR) is 173 cm³/mol. The van der Waals surface area contributed by atoms with Gasteiger partial charge in [-0.05, 0) is 42.2 Å². The molecular formula is C33H43N3O8S. The van der Waals surface area contributed by atoms with Gasteiger partial charge in [0.1, 0.15) is 24.1 Å². The fraction of sp³-hybridized carbons (Fsp3) is 0.394. The lowest BCUT2D eigenvalue weighted by Crippen LogP contribution is -2.52. The van der Waals surface area contributed by atoms with E-state index in [-0.39, 0.29) is 40.5 Å². The molecule has 1 N–H and O–H groups in total. The minimum absolute atomic E-state index is 0.0805. The quantitative estimate of drug-likeness (QED) is 0.243. The molecule has 0 aliphatic heterocycles. The molecule has 0 spiro atoms. The highest BCUT2D eigenvalue weighted by Crippen LogP contribution is 2.37. The van der Waals surface area contributed by atoms with Gasteiger partial charge in [-0.3, -0.25) is 13.9 Å². The lowest BCUT2D eigenvalue weighted by molar-refractivity contribution is -0.140. The smallest absolute Gasteiger partial charge is 0.265 e. The van der Waals surface area contributed by atoms with Crippen LogP contribution in [0.3, 0.4) is 0 Å². The third kappa shape index (κ3) is 8.59. The van der Waals surface area contributed by atoms with Gasteiger partial charge in [0.2, 0.25) is 11.8 Å². The number of anilines is 1. The van der Waals surface area contributed by atoms with Gasteiger partial charge in [0.25, 0.3) is 10.0 Å². The summed E-state index contributed by atoms with van der Waals surface area (Å²) >= 11 is 0. The van der Waals surface area contributed by atoms with Gasteiger partial charge >= 0.3 is 0 Å². The van der Waals surface area contributed by atoms with E-state index >= 15 is 0 Å². The van der Waals surface area contributed by atoms with Crippen LogP contribution in [0.2, 0.25) is 0 Å². The Labute approximate surface area is 266 Å². The number of hydrogen-bond acceptors (Lipinski definition) is 8. The number of amides is 2. The molecule has 0 aliphatic rings. The predicted octanol–water partition coefficient (Wildman–Crippen LogP) is 4.50. The first-order chi connectivity index (χ1) is 21.5. The normalized spacial score (nSPS) is 11.8. The van der Waals surface area contributed by atoms with Crippen molar-refractivity contribution in [2.24, 2.45) is 5.92 Å². The monoisotopic (exact) mass is 641 g/mol. The molecule has 11 nitrogen and oxygen atoms in total. The van der Waals surface area contributed by atoms with Gasteiger partial charge in [-0.2, -0.15) is 0 Å². The molecule has 3 aromatic carbocycles. The SMILES string of the molecule is CC[C@H](C(=O)NCC(C)C)N(Cc1ccccc1)C(=O)CN(c1cc(OC)ccc1OC)S(=O)(=O)c1ccc(OC)c(OC)c1. The molecule has 0 saturated heterocycles. The van der Waals surface area contributed by atoms with Gasteiger partial charge in [-0.1, -0.05) is 51.1 Å². The molecule has 0 heterocycles. The zero-order valence-electron chi connectivity index (χ0n) is 26.9. The van der Waals surface area contributed by atoms with E-state index in [0.717, 1.165) is 9.87 Å². The van der Waals surface area contributed by atoms with E-state index in [1.165, 1.54) is 57.6 Å². The lowest BCUT2D eigenvalue weighted by atomic mass is 10.1. The first kappa shape index (κ1) is 35.0.